The molecule has 1 unspecified atom stereocenters. The molecule has 1 aliphatic rings. The first-order valence-electron chi connectivity index (χ1n) is 4.73. The summed E-state index contributed by atoms with van der Waals surface area (Å²) in [6.07, 6.45) is 0. The van der Waals surface area contributed by atoms with Crippen molar-refractivity contribution in [2.45, 2.75) is 18.9 Å². The number of nitro groups is 1. The number of nitro benzene ring substituents is 1. The molecule has 86 valence electrons. The van der Waals surface area contributed by atoms with Crippen molar-refractivity contribution in [3.63, 3.8) is 0 Å². The summed E-state index contributed by atoms with van der Waals surface area (Å²) < 4.78 is 4.82. The van der Waals surface area contributed by atoms with E-state index in [1.165, 1.54) is 18.2 Å². The number of carbonyl (C=O) groups excluding carboxylic acids is 1. The summed E-state index contributed by atoms with van der Waals surface area (Å²) in [5, 5.41) is 9.94. The van der Waals surface area contributed by atoms with Crippen LogP contribution >= 0.6 is 15.9 Å². The zero-order chi connectivity index (χ0) is 12.3. The largest absolute Gasteiger partial charge is 0.442 e. The number of fused-ring (bicyclic) bond motifs is 1. The lowest BCUT2D eigenvalue weighted by atomic mass is 10.1. The van der Waals surface area contributed by atoms with E-state index in [4.69, 9.17) is 4.74 Å². The van der Waals surface area contributed by atoms with E-state index in [-0.39, 0.29) is 11.3 Å². The molecule has 0 saturated carbocycles. The standard InChI is InChI=1S/C8H4BrNO4.C2H6/c9-7-5-2-1-4(10(12)13)3-6(5)8(11)14-7;1-2/h1-3,7H;1-2H3. The number of non-ortho nitro benzene ring substituents is 1. The monoisotopic (exact) mass is 287 g/mol. The van der Waals surface area contributed by atoms with Crippen LogP contribution in [0.1, 0.15) is 34.8 Å². The molecule has 0 amide bonds. The van der Waals surface area contributed by atoms with Crippen molar-refractivity contribution in [3.05, 3.63) is 39.4 Å². The molecule has 16 heavy (non-hydrogen) atoms. The van der Waals surface area contributed by atoms with Crippen molar-refractivity contribution in [1.82, 2.24) is 0 Å². The SMILES string of the molecule is CC.O=C1OC(Br)c2ccc([N+](=O)[O-])cc21. The predicted octanol–water partition coefficient (Wildman–Crippen LogP) is 3.18. The fraction of sp³-hybridized carbons (Fsp3) is 0.300. The summed E-state index contributed by atoms with van der Waals surface area (Å²) in [6.45, 7) is 4.00. The number of nitrogens with zero attached hydrogens (tertiary/aromatic N) is 1. The van der Waals surface area contributed by atoms with Crippen molar-refractivity contribution in [1.29, 1.82) is 0 Å². The van der Waals surface area contributed by atoms with Gasteiger partial charge in [0.15, 0.2) is 5.01 Å². The number of hydrogen-bond acceptors (Lipinski definition) is 4. The van der Waals surface area contributed by atoms with Gasteiger partial charge >= 0.3 is 5.97 Å². The Morgan fingerprint density at radius 1 is 1.44 bits per heavy atom. The summed E-state index contributed by atoms with van der Waals surface area (Å²) in [5.74, 6) is -0.537. The summed E-state index contributed by atoms with van der Waals surface area (Å²) in [4.78, 5) is 21.1. The summed E-state index contributed by atoms with van der Waals surface area (Å²) in [6, 6.07) is 4.08. The third-order valence-corrected chi connectivity index (χ3v) is 2.60. The van der Waals surface area contributed by atoms with Crippen molar-refractivity contribution in [3.8, 4) is 0 Å². The van der Waals surface area contributed by atoms with E-state index in [0.29, 0.717) is 5.56 Å². The lowest BCUT2D eigenvalue weighted by Crippen LogP contribution is -1.95. The second-order valence-electron chi connectivity index (χ2n) is 2.75. The molecular weight excluding hydrogens is 278 g/mol. The molecule has 1 aliphatic heterocycles. The van der Waals surface area contributed by atoms with Crippen molar-refractivity contribution in [2.24, 2.45) is 0 Å². The van der Waals surface area contributed by atoms with Gasteiger partial charge in [0.2, 0.25) is 0 Å². The van der Waals surface area contributed by atoms with Crippen LogP contribution < -0.4 is 0 Å². The van der Waals surface area contributed by atoms with Gasteiger partial charge in [-0.15, -0.1) is 0 Å². The van der Waals surface area contributed by atoms with E-state index in [1.54, 1.807) is 0 Å². The van der Waals surface area contributed by atoms with E-state index in [2.05, 4.69) is 15.9 Å². The van der Waals surface area contributed by atoms with E-state index in [9.17, 15) is 14.9 Å². The van der Waals surface area contributed by atoms with E-state index in [0.717, 1.165) is 0 Å². The number of rotatable bonds is 1. The third kappa shape index (κ3) is 2.21. The van der Waals surface area contributed by atoms with Crippen LogP contribution in [0, 0.1) is 10.1 Å². The van der Waals surface area contributed by atoms with E-state index >= 15 is 0 Å². The number of ether oxygens (including phenoxy) is 1. The Morgan fingerprint density at radius 3 is 2.62 bits per heavy atom. The molecule has 1 atom stereocenters. The fourth-order valence-electron chi connectivity index (χ4n) is 1.25. The van der Waals surface area contributed by atoms with Gasteiger partial charge in [0.1, 0.15) is 0 Å². The average Bonchev–Trinajstić information content (AvgIpc) is 2.57. The number of esters is 1. The van der Waals surface area contributed by atoms with Gasteiger partial charge in [-0.3, -0.25) is 10.1 Å². The van der Waals surface area contributed by atoms with Gasteiger partial charge in [0.25, 0.3) is 5.69 Å². The van der Waals surface area contributed by atoms with Gasteiger partial charge in [-0.05, 0) is 22.0 Å². The summed E-state index contributed by atoms with van der Waals surface area (Å²) >= 11 is 3.13. The second kappa shape index (κ2) is 5.07. The zero-order valence-electron chi connectivity index (χ0n) is 8.77. The topological polar surface area (TPSA) is 69.4 Å². The van der Waals surface area contributed by atoms with Crippen LogP contribution in [0.15, 0.2) is 18.2 Å². The Balaban J connectivity index is 0.000000606. The van der Waals surface area contributed by atoms with Gasteiger partial charge in [-0.2, -0.15) is 0 Å². The minimum Gasteiger partial charge on any atom is -0.442 e. The molecule has 2 rings (SSSR count). The molecule has 0 fully saturated rings. The molecule has 0 aliphatic carbocycles. The number of benzene rings is 1. The maximum absolute atomic E-state index is 11.2. The van der Waals surface area contributed by atoms with Crippen LogP contribution in [0.25, 0.3) is 0 Å². The normalized spacial score (nSPS) is 16.9. The van der Waals surface area contributed by atoms with Gasteiger partial charge in [0.05, 0.1) is 10.5 Å². The molecular formula is C10H10BrNO4. The first kappa shape index (κ1) is 12.6. The molecule has 6 heteroatoms. The Kier molecular flexibility index (Phi) is 4.00. The maximum atomic E-state index is 11.2. The molecule has 0 aromatic heterocycles. The van der Waals surface area contributed by atoms with Crippen LogP contribution in [0.5, 0.6) is 0 Å². The highest BCUT2D eigenvalue weighted by Crippen LogP contribution is 2.36. The molecule has 0 spiro atoms. The Bertz CT molecular complexity index is 433. The zero-order valence-corrected chi connectivity index (χ0v) is 10.4. The van der Waals surface area contributed by atoms with Crippen molar-refractivity contribution < 1.29 is 14.5 Å². The van der Waals surface area contributed by atoms with Gasteiger partial charge < -0.3 is 4.74 Å². The van der Waals surface area contributed by atoms with Crippen molar-refractivity contribution in [2.75, 3.05) is 0 Å². The van der Waals surface area contributed by atoms with Gasteiger partial charge in [-0.25, -0.2) is 4.79 Å². The average molecular weight is 288 g/mol. The fourth-order valence-corrected chi connectivity index (χ4v) is 1.82. The Morgan fingerprint density at radius 2 is 2.06 bits per heavy atom. The molecule has 1 aromatic rings. The minimum atomic E-state index is -0.547. The van der Waals surface area contributed by atoms with E-state index < -0.39 is 15.9 Å². The number of hydrogen-bond donors (Lipinski definition) is 0. The van der Waals surface area contributed by atoms with Crippen molar-refractivity contribution >= 4 is 27.6 Å². The first-order valence-corrected chi connectivity index (χ1v) is 5.64. The molecule has 0 N–H and O–H groups in total. The minimum absolute atomic E-state index is 0.109. The third-order valence-electron chi connectivity index (χ3n) is 1.92. The second-order valence-corrected chi connectivity index (χ2v) is 3.58. The molecule has 0 radical (unpaired) electrons. The maximum Gasteiger partial charge on any atom is 0.340 e. The highest BCUT2D eigenvalue weighted by atomic mass is 79.9. The van der Waals surface area contributed by atoms with Gasteiger partial charge in [-0.1, -0.05) is 13.8 Å². The summed E-state index contributed by atoms with van der Waals surface area (Å²) in [5.41, 5.74) is 0.768. The molecule has 1 aromatic carbocycles. The first-order chi connectivity index (χ1) is 7.59. The Labute approximate surface area is 101 Å². The molecule has 1 heterocycles. The van der Waals surface area contributed by atoms with Crippen LogP contribution in [-0.2, 0) is 4.74 Å². The quantitative estimate of drug-likeness (QED) is 0.344. The lowest BCUT2D eigenvalue weighted by molar-refractivity contribution is -0.384. The summed E-state index contributed by atoms with van der Waals surface area (Å²) in [7, 11) is 0. The van der Waals surface area contributed by atoms with Gasteiger partial charge in [0, 0.05) is 17.7 Å². The molecule has 0 bridgehead atoms. The van der Waals surface area contributed by atoms with Crippen LogP contribution in [0.3, 0.4) is 0 Å². The lowest BCUT2D eigenvalue weighted by Gasteiger charge is -1.98. The molecule has 0 saturated heterocycles. The highest BCUT2D eigenvalue weighted by molar-refractivity contribution is 9.09. The smallest absolute Gasteiger partial charge is 0.340 e. The van der Waals surface area contributed by atoms with Crippen LogP contribution in [0.2, 0.25) is 0 Å². The number of halogens is 1. The molecule has 5 nitrogen and oxygen atoms in total. The van der Waals surface area contributed by atoms with E-state index in [1.807, 2.05) is 13.8 Å². The van der Waals surface area contributed by atoms with Crippen LogP contribution in [-0.4, -0.2) is 10.9 Å². The predicted molar refractivity (Wildman–Crippen MR) is 61.5 cm³/mol. The highest BCUT2D eigenvalue weighted by Gasteiger charge is 2.30. The Hall–Kier alpha value is -1.43. The number of carbonyl (C=O) groups is 1. The van der Waals surface area contributed by atoms with Crippen LogP contribution in [0.4, 0.5) is 5.69 Å². The number of cyclic esters (lactones) is 1. The number of alkyl halides is 1.